The van der Waals surface area contributed by atoms with Crippen LogP contribution in [0, 0.1) is 11.8 Å². The summed E-state index contributed by atoms with van der Waals surface area (Å²) in [5.41, 5.74) is 1.85. The lowest BCUT2D eigenvalue weighted by molar-refractivity contribution is -0.114. The maximum absolute atomic E-state index is 12.6. The molecular weight excluding hydrogens is 426 g/mol. The average Bonchev–Trinajstić information content (AvgIpc) is 2.76. The minimum Gasteiger partial charge on any atom is -0.349 e. The van der Waals surface area contributed by atoms with Crippen LogP contribution in [-0.4, -0.2) is 26.3 Å². The number of carbonyl (C=O) groups is 2. The van der Waals surface area contributed by atoms with Crippen LogP contribution in [0.2, 0.25) is 0 Å². The summed E-state index contributed by atoms with van der Waals surface area (Å²) in [6.45, 7) is 5.92. The van der Waals surface area contributed by atoms with E-state index in [2.05, 4.69) is 29.2 Å². The highest BCUT2D eigenvalue weighted by atomic mass is 32.2. The van der Waals surface area contributed by atoms with Gasteiger partial charge >= 0.3 is 0 Å². The molecule has 1 aliphatic carbocycles. The van der Waals surface area contributed by atoms with Crippen LogP contribution >= 0.6 is 0 Å². The topological polar surface area (TPSA) is 104 Å². The van der Waals surface area contributed by atoms with Gasteiger partial charge in [0, 0.05) is 30.8 Å². The highest BCUT2D eigenvalue weighted by Gasteiger charge is 2.28. The monoisotopic (exact) mass is 457 g/mol. The number of benzene rings is 2. The van der Waals surface area contributed by atoms with E-state index in [1.807, 2.05) is 0 Å². The molecule has 0 unspecified atom stereocenters. The number of rotatable bonds is 7. The van der Waals surface area contributed by atoms with E-state index in [1.54, 1.807) is 24.3 Å². The molecule has 0 radical (unpaired) electrons. The Morgan fingerprint density at radius 3 is 2.25 bits per heavy atom. The fourth-order valence-corrected chi connectivity index (χ4v) is 5.01. The molecule has 1 fully saturated rings. The van der Waals surface area contributed by atoms with Crippen molar-refractivity contribution in [2.75, 3.05) is 5.32 Å². The fourth-order valence-electron chi connectivity index (χ4n) is 3.99. The lowest BCUT2D eigenvalue weighted by Gasteiger charge is -2.34. The quantitative estimate of drug-likeness (QED) is 0.590. The SMILES string of the molecule is CC(=O)Nc1ccc(S(=O)(=O)NCc2ccc(C(=O)N[C@@H]3CCC[C@@H](C)[C@@H]3C)cc2)cc1. The Labute approximate surface area is 190 Å². The minimum absolute atomic E-state index is 0.0951. The third-order valence-electron chi connectivity index (χ3n) is 6.19. The van der Waals surface area contributed by atoms with E-state index in [0.717, 1.165) is 18.4 Å². The van der Waals surface area contributed by atoms with E-state index >= 15 is 0 Å². The first-order chi connectivity index (χ1) is 15.2. The molecule has 0 aliphatic heterocycles. The van der Waals surface area contributed by atoms with Crippen molar-refractivity contribution in [1.29, 1.82) is 0 Å². The van der Waals surface area contributed by atoms with Gasteiger partial charge < -0.3 is 10.6 Å². The number of sulfonamides is 1. The summed E-state index contributed by atoms with van der Waals surface area (Å²) >= 11 is 0. The van der Waals surface area contributed by atoms with Gasteiger partial charge in [-0.25, -0.2) is 13.1 Å². The van der Waals surface area contributed by atoms with Gasteiger partial charge in [0.2, 0.25) is 15.9 Å². The van der Waals surface area contributed by atoms with Crippen LogP contribution in [0.4, 0.5) is 5.69 Å². The second-order valence-corrected chi connectivity index (χ2v) is 10.3. The van der Waals surface area contributed by atoms with Gasteiger partial charge in [-0.15, -0.1) is 0 Å². The van der Waals surface area contributed by atoms with E-state index in [-0.39, 0.29) is 29.3 Å². The number of hydrogen-bond donors (Lipinski definition) is 3. The van der Waals surface area contributed by atoms with Gasteiger partial charge in [0.05, 0.1) is 4.90 Å². The molecule has 8 heteroatoms. The molecule has 0 aromatic heterocycles. The first kappa shape index (κ1) is 23.9. The molecule has 0 saturated heterocycles. The molecule has 0 spiro atoms. The second-order valence-electron chi connectivity index (χ2n) is 8.57. The number of hydrogen-bond acceptors (Lipinski definition) is 4. The Bertz CT molecular complexity index is 1050. The van der Waals surface area contributed by atoms with Crippen LogP contribution in [0.15, 0.2) is 53.4 Å². The van der Waals surface area contributed by atoms with Crippen molar-refractivity contribution in [2.24, 2.45) is 11.8 Å². The van der Waals surface area contributed by atoms with Gasteiger partial charge in [0.1, 0.15) is 0 Å². The second kappa shape index (κ2) is 10.3. The Hall–Kier alpha value is -2.71. The molecule has 3 atom stereocenters. The fraction of sp³-hybridized carbons (Fsp3) is 0.417. The molecule has 3 N–H and O–H groups in total. The Kier molecular flexibility index (Phi) is 7.69. The van der Waals surface area contributed by atoms with Crippen LogP contribution in [-0.2, 0) is 21.4 Å². The molecule has 32 heavy (non-hydrogen) atoms. The Morgan fingerprint density at radius 2 is 1.62 bits per heavy atom. The van der Waals surface area contributed by atoms with Crippen LogP contribution < -0.4 is 15.4 Å². The summed E-state index contributed by atoms with van der Waals surface area (Å²) in [4.78, 5) is 23.8. The molecule has 1 saturated carbocycles. The zero-order chi connectivity index (χ0) is 23.3. The molecule has 2 amide bonds. The van der Waals surface area contributed by atoms with Crippen LogP contribution in [0.1, 0.15) is 56.0 Å². The van der Waals surface area contributed by atoms with Crippen molar-refractivity contribution < 1.29 is 18.0 Å². The zero-order valence-electron chi connectivity index (χ0n) is 18.7. The van der Waals surface area contributed by atoms with Crippen molar-refractivity contribution in [1.82, 2.24) is 10.0 Å². The molecule has 172 valence electrons. The van der Waals surface area contributed by atoms with Crippen LogP contribution in [0.3, 0.4) is 0 Å². The van der Waals surface area contributed by atoms with Crippen molar-refractivity contribution >= 4 is 27.5 Å². The Morgan fingerprint density at radius 1 is 0.969 bits per heavy atom. The van der Waals surface area contributed by atoms with Gasteiger partial charge in [-0.3, -0.25) is 9.59 Å². The van der Waals surface area contributed by atoms with Crippen molar-refractivity contribution in [3.8, 4) is 0 Å². The molecule has 1 aliphatic rings. The number of nitrogens with one attached hydrogen (secondary N) is 3. The van der Waals surface area contributed by atoms with Gasteiger partial charge in [-0.2, -0.15) is 0 Å². The van der Waals surface area contributed by atoms with E-state index in [1.165, 1.54) is 37.6 Å². The average molecular weight is 458 g/mol. The molecular formula is C24H31N3O4S. The summed E-state index contributed by atoms with van der Waals surface area (Å²) < 4.78 is 27.6. The van der Waals surface area contributed by atoms with Gasteiger partial charge in [0.25, 0.3) is 5.91 Å². The maximum atomic E-state index is 12.6. The molecule has 2 aromatic rings. The van der Waals surface area contributed by atoms with Crippen molar-refractivity contribution in [3.63, 3.8) is 0 Å². The van der Waals surface area contributed by atoms with Gasteiger partial charge in [-0.1, -0.05) is 38.8 Å². The summed E-state index contributed by atoms with van der Waals surface area (Å²) in [5.74, 6) is 0.737. The largest absolute Gasteiger partial charge is 0.349 e. The molecule has 2 aromatic carbocycles. The summed E-state index contributed by atoms with van der Waals surface area (Å²) in [7, 11) is -3.70. The third kappa shape index (κ3) is 6.17. The van der Waals surface area contributed by atoms with Crippen molar-refractivity contribution in [3.05, 3.63) is 59.7 Å². The number of anilines is 1. The molecule has 7 nitrogen and oxygen atoms in total. The zero-order valence-corrected chi connectivity index (χ0v) is 19.5. The normalized spacial score (nSPS) is 21.0. The third-order valence-corrected chi connectivity index (χ3v) is 7.61. The van der Waals surface area contributed by atoms with E-state index in [4.69, 9.17) is 0 Å². The van der Waals surface area contributed by atoms with Gasteiger partial charge in [-0.05, 0) is 60.2 Å². The summed E-state index contributed by atoms with van der Waals surface area (Å²) in [6.07, 6.45) is 3.34. The lowest BCUT2D eigenvalue weighted by atomic mass is 9.78. The van der Waals surface area contributed by atoms with Crippen LogP contribution in [0.5, 0.6) is 0 Å². The minimum atomic E-state index is -3.70. The number of carbonyl (C=O) groups excluding carboxylic acids is 2. The summed E-state index contributed by atoms with van der Waals surface area (Å²) in [6, 6.07) is 13.1. The summed E-state index contributed by atoms with van der Waals surface area (Å²) in [5, 5.41) is 5.75. The highest BCUT2D eigenvalue weighted by Crippen LogP contribution is 2.29. The van der Waals surface area contributed by atoms with Crippen molar-refractivity contribution in [2.45, 2.75) is 57.5 Å². The number of amides is 2. The van der Waals surface area contributed by atoms with Crippen LogP contribution in [0.25, 0.3) is 0 Å². The highest BCUT2D eigenvalue weighted by molar-refractivity contribution is 7.89. The molecule has 3 rings (SSSR count). The predicted molar refractivity (Wildman–Crippen MR) is 125 cm³/mol. The lowest BCUT2D eigenvalue weighted by Crippen LogP contribution is -2.43. The standard InChI is InChI=1S/C24H31N3O4S/c1-16-5-4-6-23(17(16)2)27-24(29)20-9-7-19(8-10-20)15-25-32(30,31)22-13-11-21(12-14-22)26-18(3)28/h7-14,16-17,23,25H,4-6,15H2,1-3H3,(H,26,28)(H,27,29)/t16-,17+,23-/m1/s1. The Balaban J connectivity index is 1.57. The first-order valence-corrected chi connectivity index (χ1v) is 12.4. The molecule has 0 bridgehead atoms. The van der Waals surface area contributed by atoms with Gasteiger partial charge in [0.15, 0.2) is 0 Å². The smallest absolute Gasteiger partial charge is 0.251 e. The van der Waals surface area contributed by atoms with E-state index < -0.39 is 10.0 Å². The van der Waals surface area contributed by atoms with E-state index in [9.17, 15) is 18.0 Å². The maximum Gasteiger partial charge on any atom is 0.251 e. The predicted octanol–water partition coefficient (Wildman–Crippen LogP) is 3.68. The first-order valence-electron chi connectivity index (χ1n) is 10.9. The van der Waals surface area contributed by atoms with E-state index in [0.29, 0.717) is 23.1 Å². The molecule has 0 heterocycles.